The van der Waals surface area contributed by atoms with Gasteiger partial charge in [0, 0.05) is 6.54 Å². The zero-order valence-electron chi connectivity index (χ0n) is 9.24. The largest absolute Gasteiger partial charge is 0.480 e. The molecule has 0 saturated carbocycles. The fourth-order valence-electron chi connectivity index (χ4n) is 1.45. The summed E-state index contributed by atoms with van der Waals surface area (Å²) in [7, 11) is -3.69. The van der Waals surface area contributed by atoms with Crippen LogP contribution < -0.4 is 5.73 Å². The summed E-state index contributed by atoms with van der Waals surface area (Å²) < 4.78 is 23.4. The molecular formula is C11H15NO4S. The number of aryl methyl sites for hydroxylation is 1. The molecule has 6 heteroatoms. The maximum Gasteiger partial charge on any atom is 0.323 e. The predicted molar refractivity (Wildman–Crippen MR) is 64.4 cm³/mol. The van der Waals surface area contributed by atoms with Crippen molar-refractivity contribution in [3.8, 4) is 0 Å². The van der Waals surface area contributed by atoms with Crippen molar-refractivity contribution < 1.29 is 18.3 Å². The number of carbonyl (C=O) groups is 1. The summed E-state index contributed by atoms with van der Waals surface area (Å²) in [5.74, 6) is -1.59. The Kier molecular flexibility index (Phi) is 4.65. The Bertz CT molecular complexity index is 470. The molecule has 0 bridgehead atoms. The lowest BCUT2D eigenvalue weighted by atomic mass is 10.2. The van der Waals surface area contributed by atoms with Crippen LogP contribution in [0.4, 0.5) is 0 Å². The Morgan fingerprint density at radius 3 is 2.35 bits per heavy atom. The summed E-state index contributed by atoms with van der Waals surface area (Å²) in [5.41, 5.74) is 6.03. The summed E-state index contributed by atoms with van der Waals surface area (Å²) in [6.45, 7) is -0.396. The van der Waals surface area contributed by atoms with Crippen LogP contribution in [0.15, 0.2) is 30.3 Å². The van der Waals surface area contributed by atoms with E-state index in [1.807, 2.05) is 6.07 Å². The maximum atomic E-state index is 11.7. The lowest BCUT2D eigenvalue weighted by molar-refractivity contribution is -0.136. The number of carboxylic acids is 1. The average molecular weight is 257 g/mol. The third kappa shape index (κ3) is 3.83. The number of aliphatic carboxylic acids is 1. The van der Waals surface area contributed by atoms with Crippen LogP contribution in [-0.4, -0.2) is 37.0 Å². The Morgan fingerprint density at radius 2 is 1.88 bits per heavy atom. The lowest BCUT2D eigenvalue weighted by Gasteiger charge is -2.11. The molecule has 0 aromatic heterocycles. The molecule has 1 aromatic carbocycles. The van der Waals surface area contributed by atoms with Crippen LogP contribution >= 0.6 is 0 Å². The number of hydrogen-bond acceptors (Lipinski definition) is 4. The smallest absolute Gasteiger partial charge is 0.323 e. The van der Waals surface area contributed by atoms with E-state index < -0.39 is 27.6 Å². The van der Waals surface area contributed by atoms with Gasteiger partial charge < -0.3 is 10.8 Å². The minimum Gasteiger partial charge on any atom is -0.480 e. The molecule has 0 saturated heterocycles. The van der Waals surface area contributed by atoms with Crippen LogP contribution in [0.25, 0.3) is 0 Å². The quantitative estimate of drug-likeness (QED) is 0.750. The van der Waals surface area contributed by atoms with Gasteiger partial charge >= 0.3 is 5.97 Å². The number of hydrogen-bond donors (Lipinski definition) is 2. The van der Waals surface area contributed by atoms with Crippen molar-refractivity contribution in [3.05, 3.63) is 35.9 Å². The van der Waals surface area contributed by atoms with Gasteiger partial charge in [-0.3, -0.25) is 4.79 Å². The van der Waals surface area contributed by atoms with E-state index in [1.54, 1.807) is 24.3 Å². The first-order chi connectivity index (χ1) is 7.97. The van der Waals surface area contributed by atoms with Crippen molar-refractivity contribution in [1.82, 2.24) is 0 Å². The van der Waals surface area contributed by atoms with Crippen LogP contribution in [0.5, 0.6) is 0 Å². The molecule has 0 aliphatic carbocycles. The van der Waals surface area contributed by atoms with Crippen molar-refractivity contribution in [1.29, 1.82) is 0 Å². The molecule has 94 valence electrons. The highest BCUT2D eigenvalue weighted by Gasteiger charge is 2.30. The van der Waals surface area contributed by atoms with E-state index in [2.05, 4.69) is 0 Å². The third-order valence-electron chi connectivity index (χ3n) is 2.44. The van der Waals surface area contributed by atoms with Crippen LogP contribution in [0, 0.1) is 0 Å². The van der Waals surface area contributed by atoms with Crippen LogP contribution in [-0.2, 0) is 21.1 Å². The minimum absolute atomic E-state index is 0.203. The molecule has 1 rings (SSSR count). The standard InChI is InChI=1S/C11H15NO4S/c12-8-10(11(13)14)17(15,16)7-6-9-4-2-1-3-5-9/h1-5,10H,6-8,12H2,(H,13,14). The number of sulfone groups is 1. The normalized spacial score (nSPS) is 13.2. The van der Waals surface area contributed by atoms with Gasteiger partial charge in [0.1, 0.15) is 0 Å². The van der Waals surface area contributed by atoms with Gasteiger partial charge in [-0.05, 0) is 12.0 Å². The van der Waals surface area contributed by atoms with E-state index in [1.165, 1.54) is 0 Å². The number of rotatable bonds is 6. The zero-order valence-corrected chi connectivity index (χ0v) is 10.1. The average Bonchev–Trinajstić information content (AvgIpc) is 2.28. The minimum atomic E-state index is -3.69. The van der Waals surface area contributed by atoms with E-state index in [9.17, 15) is 13.2 Å². The van der Waals surface area contributed by atoms with Gasteiger partial charge in [-0.15, -0.1) is 0 Å². The first kappa shape index (κ1) is 13.7. The number of carboxylic acid groups (broad SMARTS) is 1. The number of benzene rings is 1. The van der Waals surface area contributed by atoms with E-state index in [0.29, 0.717) is 6.42 Å². The van der Waals surface area contributed by atoms with Crippen molar-refractivity contribution >= 4 is 15.8 Å². The van der Waals surface area contributed by atoms with Gasteiger partial charge in [-0.25, -0.2) is 8.42 Å². The highest BCUT2D eigenvalue weighted by Crippen LogP contribution is 2.07. The Balaban J connectivity index is 2.71. The molecule has 17 heavy (non-hydrogen) atoms. The van der Waals surface area contributed by atoms with Gasteiger partial charge in [0.2, 0.25) is 0 Å². The van der Waals surface area contributed by atoms with Gasteiger partial charge in [-0.2, -0.15) is 0 Å². The summed E-state index contributed by atoms with van der Waals surface area (Å²) >= 11 is 0. The second-order valence-electron chi connectivity index (χ2n) is 3.67. The maximum absolute atomic E-state index is 11.7. The molecule has 1 atom stereocenters. The Morgan fingerprint density at radius 1 is 1.29 bits per heavy atom. The summed E-state index contributed by atoms with van der Waals surface area (Å²) in [6, 6.07) is 9.04. The van der Waals surface area contributed by atoms with Crippen LogP contribution in [0.3, 0.4) is 0 Å². The Hall–Kier alpha value is -1.40. The molecule has 0 fully saturated rings. The van der Waals surface area contributed by atoms with Crippen molar-refractivity contribution in [3.63, 3.8) is 0 Å². The summed E-state index contributed by atoms with van der Waals surface area (Å²) in [6.07, 6.45) is 0.299. The molecule has 0 spiro atoms. The first-order valence-corrected chi connectivity index (χ1v) is 6.87. The molecule has 3 N–H and O–H groups in total. The third-order valence-corrected chi connectivity index (χ3v) is 4.48. The van der Waals surface area contributed by atoms with E-state index >= 15 is 0 Å². The van der Waals surface area contributed by atoms with E-state index in [-0.39, 0.29) is 5.75 Å². The molecule has 1 unspecified atom stereocenters. The summed E-state index contributed by atoms with van der Waals surface area (Å²) in [4.78, 5) is 10.7. The van der Waals surface area contributed by atoms with Gasteiger partial charge in [0.15, 0.2) is 15.1 Å². The van der Waals surface area contributed by atoms with E-state index in [0.717, 1.165) is 5.56 Å². The Labute approximate surface area is 100 Å². The molecule has 5 nitrogen and oxygen atoms in total. The fraction of sp³-hybridized carbons (Fsp3) is 0.364. The fourth-order valence-corrected chi connectivity index (χ4v) is 2.85. The highest BCUT2D eigenvalue weighted by atomic mass is 32.2. The second-order valence-corrected chi connectivity index (χ2v) is 5.97. The van der Waals surface area contributed by atoms with Gasteiger partial charge in [0.05, 0.1) is 5.75 Å². The molecule has 0 amide bonds. The van der Waals surface area contributed by atoms with Crippen molar-refractivity contribution in [2.24, 2.45) is 5.73 Å². The molecule has 0 aliphatic rings. The van der Waals surface area contributed by atoms with Crippen molar-refractivity contribution in [2.45, 2.75) is 11.7 Å². The van der Waals surface area contributed by atoms with E-state index in [4.69, 9.17) is 10.8 Å². The van der Waals surface area contributed by atoms with Gasteiger partial charge in [-0.1, -0.05) is 30.3 Å². The highest BCUT2D eigenvalue weighted by molar-refractivity contribution is 7.92. The molecule has 0 heterocycles. The number of nitrogens with two attached hydrogens (primary N) is 1. The van der Waals surface area contributed by atoms with Crippen molar-refractivity contribution in [2.75, 3.05) is 12.3 Å². The zero-order chi connectivity index (χ0) is 12.9. The monoisotopic (exact) mass is 257 g/mol. The second kappa shape index (κ2) is 5.79. The lowest BCUT2D eigenvalue weighted by Crippen LogP contribution is -2.38. The molecule has 1 aromatic rings. The topological polar surface area (TPSA) is 97.5 Å². The molecule has 0 aliphatic heterocycles. The summed E-state index contributed by atoms with van der Waals surface area (Å²) in [5, 5.41) is 7.24. The van der Waals surface area contributed by atoms with Crippen LogP contribution in [0.1, 0.15) is 5.56 Å². The molecule has 0 radical (unpaired) electrons. The molecular weight excluding hydrogens is 242 g/mol. The first-order valence-electron chi connectivity index (χ1n) is 5.15. The van der Waals surface area contributed by atoms with Gasteiger partial charge in [0.25, 0.3) is 0 Å². The predicted octanol–water partition coefficient (Wildman–Crippen LogP) is 0.0558. The van der Waals surface area contributed by atoms with Crippen LogP contribution in [0.2, 0.25) is 0 Å². The SMILES string of the molecule is NCC(C(=O)O)S(=O)(=O)CCc1ccccc1.